The van der Waals surface area contributed by atoms with Crippen LogP contribution >= 0.6 is 0 Å². The second-order valence-corrected chi connectivity index (χ2v) is 6.58. The summed E-state index contributed by atoms with van der Waals surface area (Å²) < 4.78 is 0. The molecule has 0 bridgehead atoms. The molecule has 3 rings (SSSR count). The average Bonchev–Trinajstić information content (AvgIpc) is 2.69. The molecule has 0 aliphatic carbocycles. The number of hydrogen-bond acceptors (Lipinski definition) is 3. The first-order valence-electron chi connectivity index (χ1n) is 9.01. The maximum Gasteiger partial charge on any atom is 0.266 e. The number of amides is 1. The summed E-state index contributed by atoms with van der Waals surface area (Å²) in [6.07, 6.45) is 5.41. The summed E-state index contributed by atoms with van der Waals surface area (Å²) in [5.41, 5.74) is 3.83. The second kappa shape index (κ2) is 8.35. The molecule has 0 aromatic heterocycles. The van der Waals surface area contributed by atoms with Gasteiger partial charge >= 0.3 is 0 Å². The van der Waals surface area contributed by atoms with Crippen molar-refractivity contribution >= 4 is 23.4 Å². The van der Waals surface area contributed by atoms with Crippen molar-refractivity contribution in [3.63, 3.8) is 0 Å². The molecule has 0 saturated carbocycles. The summed E-state index contributed by atoms with van der Waals surface area (Å²) in [5.74, 6) is -0.387. The van der Waals surface area contributed by atoms with Gasteiger partial charge in [-0.3, -0.25) is 4.79 Å². The molecule has 1 N–H and O–H groups in total. The predicted octanol–water partition coefficient (Wildman–Crippen LogP) is 4.53. The molecule has 1 amide bonds. The zero-order chi connectivity index (χ0) is 18.4. The molecule has 4 heteroatoms. The Hall–Kier alpha value is -3.06. The summed E-state index contributed by atoms with van der Waals surface area (Å²) in [6.45, 7) is 4.11. The Balaban J connectivity index is 1.73. The van der Waals surface area contributed by atoms with Gasteiger partial charge in [-0.05, 0) is 61.6 Å². The molecule has 1 heterocycles. The number of para-hydroxylation sites is 1. The van der Waals surface area contributed by atoms with E-state index in [1.807, 2.05) is 49.4 Å². The van der Waals surface area contributed by atoms with E-state index in [2.05, 4.69) is 22.3 Å². The van der Waals surface area contributed by atoms with E-state index in [0.29, 0.717) is 0 Å². The van der Waals surface area contributed by atoms with Gasteiger partial charge in [0, 0.05) is 24.5 Å². The van der Waals surface area contributed by atoms with E-state index < -0.39 is 0 Å². The van der Waals surface area contributed by atoms with E-state index in [1.165, 1.54) is 24.9 Å². The van der Waals surface area contributed by atoms with Gasteiger partial charge in [0.2, 0.25) is 0 Å². The number of aryl methyl sites for hydroxylation is 1. The minimum Gasteiger partial charge on any atom is -0.372 e. The third-order valence-electron chi connectivity index (χ3n) is 4.68. The Labute approximate surface area is 154 Å². The Kier molecular flexibility index (Phi) is 5.70. The van der Waals surface area contributed by atoms with E-state index in [4.69, 9.17) is 0 Å². The van der Waals surface area contributed by atoms with Crippen molar-refractivity contribution in [2.24, 2.45) is 0 Å². The Morgan fingerprint density at radius 2 is 1.77 bits per heavy atom. The molecule has 132 valence electrons. The fraction of sp³-hybridized carbons (Fsp3) is 0.273. The number of anilines is 2. The van der Waals surface area contributed by atoms with Crippen molar-refractivity contribution in [2.45, 2.75) is 26.2 Å². The van der Waals surface area contributed by atoms with E-state index in [-0.39, 0.29) is 11.5 Å². The summed E-state index contributed by atoms with van der Waals surface area (Å²) in [4.78, 5) is 14.8. The number of carbonyl (C=O) groups is 1. The standard InChI is InChI=1S/C22H23N3O/c1-17-7-3-4-8-21(17)24-22(26)19(16-23)15-18-9-11-20(12-10-18)25-13-5-2-6-14-25/h3-4,7-12,15H,2,5-6,13-14H2,1H3,(H,24,26)/b19-15+. The number of nitrogens with one attached hydrogen (secondary N) is 1. The maximum absolute atomic E-state index is 12.4. The van der Waals surface area contributed by atoms with Gasteiger partial charge < -0.3 is 10.2 Å². The summed E-state index contributed by atoms with van der Waals surface area (Å²) in [6, 6.07) is 17.6. The van der Waals surface area contributed by atoms with Crippen LogP contribution in [0.1, 0.15) is 30.4 Å². The van der Waals surface area contributed by atoms with Gasteiger partial charge in [-0.1, -0.05) is 30.3 Å². The van der Waals surface area contributed by atoms with Crippen LogP contribution in [0.25, 0.3) is 6.08 Å². The van der Waals surface area contributed by atoms with Crippen LogP contribution in [0.3, 0.4) is 0 Å². The van der Waals surface area contributed by atoms with Gasteiger partial charge in [0.05, 0.1) is 0 Å². The van der Waals surface area contributed by atoms with E-state index in [0.717, 1.165) is 29.9 Å². The van der Waals surface area contributed by atoms with Gasteiger partial charge in [0.1, 0.15) is 11.6 Å². The lowest BCUT2D eigenvalue weighted by Gasteiger charge is -2.28. The maximum atomic E-state index is 12.4. The summed E-state index contributed by atoms with van der Waals surface area (Å²) in [7, 11) is 0. The fourth-order valence-electron chi connectivity index (χ4n) is 3.15. The third-order valence-corrected chi connectivity index (χ3v) is 4.68. The summed E-state index contributed by atoms with van der Waals surface area (Å²) >= 11 is 0. The molecule has 0 unspecified atom stereocenters. The number of hydrogen-bond donors (Lipinski definition) is 1. The second-order valence-electron chi connectivity index (χ2n) is 6.58. The number of benzene rings is 2. The van der Waals surface area contributed by atoms with E-state index in [9.17, 15) is 10.1 Å². The number of rotatable bonds is 4. The van der Waals surface area contributed by atoms with Crippen molar-refractivity contribution in [1.82, 2.24) is 0 Å². The van der Waals surface area contributed by atoms with Crippen LogP contribution in [0.15, 0.2) is 54.1 Å². The van der Waals surface area contributed by atoms with Gasteiger partial charge in [-0.25, -0.2) is 0 Å². The third kappa shape index (κ3) is 4.31. The lowest BCUT2D eigenvalue weighted by molar-refractivity contribution is -0.112. The highest BCUT2D eigenvalue weighted by Gasteiger charge is 2.12. The predicted molar refractivity (Wildman–Crippen MR) is 106 cm³/mol. The largest absolute Gasteiger partial charge is 0.372 e. The lowest BCUT2D eigenvalue weighted by atomic mass is 10.1. The highest BCUT2D eigenvalue weighted by Crippen LogP contribution is 2.21. The van der Waals surface area contributed by atoms with Crippen molar-refractivity contribution < 1.29 is 4.79 Å². The molecule has 0 spiro atoms. The highest BCUT2D eigenvalue weighted by atomic mass is 16.1. The number of carbonyl (C=O) groups excluding carboxylic acids is 1. The van der Waals surface area contributed by atoms with Crippen molar-refractivity contribution in [3.8, 4) is 6.07 Å². The van der Waals surface area contributed by atoms with E-state index in [1.54, 1.807) is 6.08 Å². The number of piperidine rings is 1. The smallest absolute Gasteiger partial charge is 0.266 e. The topological polar surface area (TPSA) is 56.1 Å². The molecule has 1 fully saturated rings. The van der Waals surface area contributed by atoms with Crippen molar-refractivity contribution in [1.29, 1.82) is 5.26 Å². The monoisotopic (exact) mass is 345 g/mol. The van der Waals surface area contributed by atoms with Crippen LogP contribution in [0.5, 0.6) is 0 Å². The molecule has 0 radical (unpaired) electrons. The van der Waals surface area contributed by atoms with Crippen LogP contribution in [0, 0.1) is 18.3 Å². The minimum atomic E-state index is -0.387. The molecule has 1 aliphatic rings. The van der Waals surface area contributed by atoms with Crippen LogP contribution in [0.4, 0.5) is 11.4 Å². The molecular formula is C22H23N3O. The average molecular weight is 345 g/mol. The summed E-state index contributed by atoms with van der Waals surface area (Å²) in [5, 5.41) is 12.2. The van der Waals surface area contributed by atoms with Gasteiger partial charge in [0.15, 0.2) is 0 Å². The van der Waals surface area contributed by atoms with Crippen LogP contribution < -0.4 is 10.2 Å². The highest BCUT2D eigenvalue weighted by molar-refractivity contribution is 6.09. The van der Waals surface area contributed by atoms with Crippen molar-refractivity contribution in [3.05, 3.63) is 65.2 Å². The first-order chi connectivity index (χ1) is 12.7. The minimum absolute atomic E-state index is 0.0963. The molecule has 2 aromatic carbocycles. The molecule has 4 nitrogen and oxygen atoms in total. The normalized spacial score (nSPS) is 14.6. The first-order valence-corrected chi connectivity index (χ1v) is 9.01. The zero-order valence-electron chi connectivity index (χ0n) is 15.0. The van der Waals surface area contributed by atoms with Crippen molar-refractivity contribution in [2.75, 3.05) is 23.3 Å². The van der Waals surface area contributed by atoms with Gasteiger partial charge in [-0.15, -0.1) is 0 Å². The fourth-order valence-corrected chi connectivity index (χ4v) is 3.15. The number of nitriles is 1. The molecular weight excluding hydrogens is 322 g/mol. The Morgan fingerprint density at radius 1 is 1.08 bits per heavy atom. The Morgan fingerprint density at radius 3 is 2.42 bits per heavy atom. The molecule has 1 aliphatic heterocycles. The quantitative estimate of drug-likeness (QED) is 0.654. The van der Waals surface area contributed by atoms with Gasteiger partial charge in [0.25, 0.3) is 5.91 Å². The lowest BCUT2D eigenvalue weighted by Crippen LogP contribution is -2.29. The number of nitrogens with zero attached hydrogens (tertiary/aromatic N) is 2. The molecule has 26 heavy (non-hydrogen) atoms. The molecule has 1 saturated heterocycles. The Bertz CT molecular complexity index is 840. The van der Waals surface area contributed by atoms with Crippen LogP contribution in [-0.4, -0.2) is 19.0 Å². The first kappa shape index (κ1) is 17.8. The SMILES string of the molecule is Cc1ccccc1NC(=O)/C(C#N)=C/c1ccc(N2CCCCC2)cc1. The van der Waals surface area contributed by atoms with Gasteiger partial charge in [-0.2, -0.15) is 5.26 Å². The van der Waals surface area contributed by atoms with Crippen LogP contribution in [-0.2, 0) is 4.79 Å². The molecule has 0 atom stereocenters. The zero-order valence-corrected chi connectivity index (χ0v) is 15.0. The molecule has 2 aromatic rings. The van der Waals surface area contributed by atoms with Crippen LogP contribution in [0.2, 0.25) is 0 Å². The van der Waals surface area contributed by atoms with E-state index >= 15 is 0 Å².